The Bertz CT molecular complexity index is 624. The first-order valence-electron chi connectivity index (χ1n) is 7.32. The molecule has 0 radical (unpaired) electrons. The minimum atomic E-state index is -0.177. The molecule has 3 heterocycles. The van der Waals surface area contributed by atoms with Crippen LogP contribution in [-0.2, 0) is 4.74 Å². The Morgan fingerprint density at radius 3 is 2.86 bits per heavy atom. The van der Waals surface area contributed by atoms with Gasteiger partial charge in [-0.15, -0.1) is 10.2 Å². The normalized spacial score (nSPS) is 27.1. The van der Waals surface area contributed by atoms with Gasteiger partial charge in [0.2, 0.25) is 5.89 Å². The first kappa shape index (κ1) is 13.0. The predicted octanol–water partition coefficient (Wildman–Crippen LogP) is 1.99. The van der Waals surface area contributed by atoms with Gasteiger partial charge in [0.15, 0.2) is 0 Å². The molecule has 1 aliphatic heterocycles. The first-order valence-corrected chi connectivity index (χ1v) is 7.32. The number of hydrogen-bond acceptors (Lipinski definition) is 7. The SMILES string of the molecule is C[C@@H]1CN(C)C[C@H](c2nnc(-c3conc3C3CC3)o2)O1. The molecule has 1 saturated carbocycles. The molecule has 0 spiro atoms. The van der Waals surface area contributed by atoms with E-state index in [1.807, 2.05) is 6.92 Å². The predicted molar refractivity (Wildman–Crippen MR) is 72.6 cm³/mol. The van der Waals surface area contributed by atoms with E-state index in [-0.39, 0.29) is 12.2 Å². The van der Waals surface area contributed by atoms with Crippen molar-refractivity contribution < 1.29 is 13.7 Å². The Morgan fingerprint density at radius 2 is 2.10 bits per heavy atom. The van der Waals surface area contributed by atoms with E-state index >= 15 is 0 Å². The van der Waals surface area contributed by atoms with Crippen molar-refractivity contribution in [3.8, 4) is 11.5 Å². The van der Waals surface area contributed by atoms with Gasteiger partial charge in [-0.05, 0) is 26.8 Å². The fourth-order valence-corrected chi connectivity index (χ4v) is 2.83. The van der Waals surface area contributed by atoms with Crippen LogP contribution < -0.4 is 0 Å². The third-order valence-electron chi connectivity index (χ3n) is 3.95. The second-order valence-electron chi connectivity index (χ2n) is 5.99. The molecule has 2 aromatic heterocycles. The lowest BCUT2D eigenvalue weighted by atomic mass is 10.2. The second kappa shape index (κ2) is 4.92. The Morgan fingerprint density at radius 1 is 1.24 bits per heavy atom. The summed E-state index contributed by atoms with van der Waals surface area (Å²) in [4.78, 5) is 2.21. The summed E-state index contributed by atoms with van der Waals surface area (Å²) in [5.41, 5.74) is 1.74. The molecule has 21 heavy (non-hydrogen) atoms. The number of hydrogen-bond donors (Lipinski definition) is 0. The van der Waals surface area contributed by atoms with E-state index in [2.05, 4.69) is 27.3 Å². The third-order valence-corrected chi connectivity index (χ3v) is 3.95. The van der Waals surface area contributed by atoms with E-state index in [4.69, 9.17) is 13.7 Å². The summed E-state index contributed by atoms with van der Waals surface area (Å²) in [5.74, 6) is 1.47. The van der Waals surface area contributed by atoms with Crippen molar-refractivity contribution in [2.75, 3.05) is 20.1 Å². The molecule has 0 unspecified atom stereocenters. The maximum atomic E-state index is 5.89. The van der Waals surface area contributed by atoms with E-state index < -0.39 is 0 Å². The lowest BCUT2D eigenvalue weighted by molar-refractivity contribution is -0.0821. The van der Waals surface area contributed by atoms with Gasteiger partial charge in [0.25, 0.3) is 5.89 Å². The zero-order valence-electron chi connectivity index (χ0n) is 12.2. The topological polar surface area (TPSA) is 77.4 Å². The maximum absolute atomic E-state index is 5.89. The van der Waals surface area contributed by atoms with E-state index in [1.54, 1.807) is 6.26 Å². The number of rotatable bonds is 3. The van der Waals surface area contributed by atoms with Crippen LogP contribution >= 0.6 is 0 Å². The molecule has 2 aliphatic rings. The molecule has 0 N–H and O–H groups in total. The van der Waals surface area contributed by atoms with Crippen molar-refractivity contribution in [3.05, 3.63) is 17.8 Å². The van der Waals surface area contributed by atoms with Gasteiger partial charge in [0.1, 0.15) is 17.9 Å². The Balaban J connectivity index is 1.59. The van der Waals surface area contributed by atoms with Crippen LogP contribution in [0, 0.1) is 0 Å². The molecule has 7 nitrogen and oxygen atoms in total. The van der Waals surface area contributed by atoms with Crippen LogP contribution in [0.3, 0.4) is 0 Å². The first-order chi connectivity index (χ1) is 10.2. The van der Waals surface area contributed by atoms with Gasteiger partial charge >= 0.3 is 0 Å². The van der Waals surface area contributed by atoms with Gasteiger partial charge in [-0.1, -0.05) is 5.16 Å². The van der Waals surface area contributed by atoms with Crippen LogP contribution in [0.15, 0.2) is 15.2 Å². The highest BCUT2D eigenvalue weighted by Gasteiger charge is 2.33. The number of morpholine rings is 1. The minimum Gasteiger partial charge on any atom is -0.418 e. The Labute approximate surface area is 122 Å². The Hall–Kier alpha value is -1.73. The molecule has 2 fully saturated rings. The molecule has 7 heteroatoms. The van der Waals surface area contributed by atoms with Gasteiger partial charge in [0.05, 0.1) is 11.8 Å². The fourth-order valence-electron chi connectivity index (χ4n) is 2.83. The van der Waals surface area contributed by atoms with Crippen LogP contribution in [0.2, 0.25) is 0 Å². The van der Waals surface area contributed by atoms with Gasteiger partial charge in [-0.25, -0.2) is 0 Å². The third kappa shape index (κ3) is 2.47. The summed E-state index contributed by atoms with van der Waals surface area (Å²) >= 11 is 0. The molecule has 2 aromatic rings. The number of ether oxygens (including phenoxy) is 1. The largest absolute Gasteiger partial charge is 0.418 e. The van der Waals surface area contributed by atoms with Crippen LogP contribution in [0.5, 0.6) is 0 Å². The zero-order chi connectivity index (χ0) is 14.4. The summed E-state index contributed by atoms with van der Waals surface area (Å²) in [6, 6.07) is 0. The summed E-state index contributed by atoms with van der Waals surface area (Å²) in [6.07, 6.45) is 3.86. The number of nitrogens with zero attached hydrogens (tertiary/aromatic N) is 4. The van der Waals surface area contributed by atoms with Crippen LogP contribution in [0.1, 0.15) is 43.4 Å². The standard InChI is InChI=1S/C14H18N4O3/c1-8-5-18(2)6-11(20-8)14-16-15-13(21-14)10-7-19-17-12(10)9-3-4-9/h7-9,11H,3-6H2,1-2H3/t8-,11-/m1/s1. The molecule has 0 aromatic carbocycles. The van der Waals surface area contributed by atoms with Gasteiger partial charge in [0, 0.05) is 19.0 Å². The second-order valence-corrected chi connectivity index (χ2v) is 5.99. The lowest BCUT2D eigenvalue weighted by Crippen LogP contribution is -2.40. The monoisotopic (exact) mass is 290 g/mol. The summed E-state index contributed by atoms with van der Waals surface area (Å²) in [5, 5.41) is 12.3. The fraction of sp³-hybridized carbons (Fsp3) is 0.643. The van der Waals surface area contributed by atoms with Crippen molar-refractivity contribution in [2.24, 2.45) is 0 Å². The number of likely N-dealkylation sites (N-methyl/N-ethyl adjacent to an activating group) is 1. The average Bonchev–Trinajstić information content (AvgIpc) is 3.00. The van der Waals surface area contributed by atoms with E-state index in [9.17, 15) is 0 Å². The maximum Gasteiger partial charge on any atom is 0.253 e. The summed E-state index contributed by atoms with van der Waals surface area (Å²) in [6.45, 7) is 3.71. The smallest absolute Gasteiger partial charge is 0.253 e. The van der Waals surface area contributed by atoms with Crippen LogP contribution in [-0.4, -0.2) is 46.5 Å². The highest BCUT2D eigenvalue weighted by molar-refractivity contribution is 5.55. The van der Waals surface area contributed by atoms with Crippen LogP contribution in [0.4, 0.5) is 0 Å². The van der Waals surface area contributed by atoms with Crippen molar-refractivity contribution in [1.82, 2.24) is 20.3 Å². The average molecular weight is 290 g/mol. The zero-order valence-corrected chi connectivity index (χ0v) is 12.2. The van der Waals surface area contributed by atoms with E-state index in [1.165, 1.54) is 0 Å². The molecule has 1 saturated heterocycles. The lowest BCUT2D eigenvalue weighted by Gasteiger charge is -2.32. The highest BCUT2D eigenvalue weighted by atomic mass is 16.5. The molecule has 112 valence electrons. The van der Waals surface area contributed by atoms with E-state index in [0.29, 0.717) is 17.7 Å². The highest BCUT2D eigenvalue weighted by Crippen LogP contribution is 2.43. The Kier molecular flexibility index (Phi) is 3.04. The van der Waals surface area contributed by atoms with Crippen LogP contribution in [0.25, 0.3) is 11.5 Å². The van der Waals surface area contributed by atoms with Crippen molar-refractivity contribution in [3.63, 3.8) is 0 Å². The molecular formula is C14H18N4O3. The van der Waals surface area contributed by atoms with Crippen molar-refractivity contribution in [1.29, 1.82) is 0 Å². The molecule has 4 rings (SSSR count). The molecule has 0 bridgehead atoms. The van der Waals surface area contributed by atoms with Crippen molar-refractivity contribution in [2.45, 2.75) is 37.9 Å². The molecule has 2 atom stereocenters. The quantitative estimate of drug-likeness (QED) is 0.855. The number of aromatic nitrogens is 3. The summed E-state index contributed by atoms with van der Waals surface area (Å²) in [7, 11) is 2.06. The summed E-state index contributed by atoms with van der Waals surface area (Å²) < 4.78 is 16.8. The van der Waals surface area contributed by atoms with Crippen molar-refractivity contribution >= 4 is 0 Å². The molecule has 0 amide bonds. The molecule has 1 aliphatic carbocycles. The van der Waals surface area contributed by atoms with Gasteiger partial charge in [-0.2, -0.15) is 0 Å². The molecular weight excluding hydrogens is 272 g/mol. The van der Waals surface area contributed by atoms with Gasteiger partial charge in [-0.3, -0.25) is 0 Å². The minimum absolute atomic E-state index is 0.154. The van der Waals surface area contributed by atoms with E-state index in [0.717, 1.165) is 37.2 Å². The van der Waals surface area contributed by atoms with Gasteiger partial charge < -0.3 is 18.6 Å².